The molecule has 0 unspecified atom stereocenters. The summed E-state index contributed by atoms with van der Waals surface area (Å²) in [5, 5.41) is 9.14. The molecular weight excluding hydrogens is 218 g/mol. The normalized spacial score (nSPS) is 10.4. The highest BCUT2D eigenvalue weighted by atomic mass is 16.6. The average Bonchev–Trinajstić information content (AvgIpc) is 2.28. The predicted octanol–water partition coefficient (Wildman–Crippen LogP) is 2.62. The highest BCUT2D eigenvalue weighted by molar-refractivity contribution is 5.67. The van der Waals surface area contributed by atoms with Crippen molar-refractivity contribution >= 4 is 6.09 Å². The Morgan fingerprint density at radius 2 is 1.94 bits per heavy atom. The summed E-state index contributed by atoms with van der Waals surface area (Å²) in [4.78, 5) is 13.1. The lowest BCUT2D eigenvalue weighted by Crippen LogP contribution is -2.28. The number of phenols is 1. The smallest absolute Gasteiger partial charge is 0.409 e. The van der Waals surface area contributed by atoms with E-state index in [1.165, 1.54) is 4.90 Å². The molecular formula is C13H19NO3. The van der Waals surface area contributed by atoms with Crippen molar-refractivity contribution in [2.75, 3.05) is 13.7 Å². The number of phenolic OH excluding ortho intramolecular Hbond substituents is 1. The van der Waals surface area contributed by atoms with E-state index in [0.29, 0.717) is 19.1 Å². The third kappa shape index (κ3) is 4.76. The average molecular weight is 237 g/mol. The van der Waals surface area contributed by atoms with Crippen LogP contribution >= 0.6 is 0 Å². The van der Waals surface area contributed by atoms with Gasteiger partial charge in [-0.15, -0.1) is 0 Å². The van der Waals surface area contributed by atoms with Gasteiger partial charge in [-0.1, -0.05) is 26.0 Å². The zero-order chi connectivity index (χ0) is 12.8. The molecule has 1 amide bonds. The topological polar surface area (TPSA) is 49.8 Å². The van der Waals surface area contributed by atoms with Crippen molar-refractivity contribution < 1.29 is 14.6 Å². The summed E-state index contributed by atoms with van der Waals surface area (Å²) < 4.78 is 5.10. The first-order chi connectivity index (χ1) is 7.99. The minimum Gasteiger partial charge on any atom is -0.508 e. The van der Waals surface area contributed by atoms with E-state index in [0.717, 1.165) is 5.56 Å². The van der Waals surface area contributed by atoms with Crippen molar-refractivity contribution in [2.45, 2.75) is 20.4 Å². The second kappa shape index (κ2) is 6.13. The summed E-state index contributed by atoms with van der Waals surface area (Å²) in [7, 11) is 1.69. The van der Waals surface area contributed by atoms with E-state index in [9.17, 15) is 4.79 Å². The minimum absolute atomic E-state index is 0.221. The number of nitrogens with zero attached hydrogens (tertiary/aromatic N) is 1. The molecule has 0 saturated heterocycles. The van der Waals surface area contributed by atoms with Crippen LogP contribution in [-0.2, 0) is 11.3 Å². The molecule has 17 heavy (non-hydrogen) atoms. The van der Waals surface area contributed by atoms with Gasteiger partial charge < -0.3 is 14.7 Å². The molecule has 0 heterocycles. The number of hydrogen-bond donors (Lipinski definition) is 1. The fraction of sp³-hybridized carbons (Fsp3) is 0.462. The molecule has 0 spiro atoms. The molecule has 0 aliphatic carbocycles. The maximum atomic E-state index is 11.6. The third-order valence-electron chi connectivity index (χ3n) is 2.21. The summed E-state index contributed by atoms with van der Waals surface area (Å²) in [5.74, 6) is 0.555. The van der Waals surface area contributed by atoms with Gasteiger partial charge in [-0.25, -0.2) is 4.79 Å². The molecule has 94 valence electrons. The molecule has 1 aromatic rings. The van der Waals surface area contributed by atoms with Crippen LogP contribution < -0.4 is 0 Å². The maximum absolute atomic E-state index is 11.6. The van der Waals surface area contributed by atoms with Crippen LogP contribution in [0.1, 0.15) is 19.4 Å². The van der Waals surface area contributed by atoms with Gasteiger partial charge in [0.15, 0.2) is 0 Å². The second-order valence-electron chi connectivity index (χ2n) is 4.49. The Morgan fingerprint density at radius 1 is 1.35 bits per heavy atom. The first-order valence-corrected chi connectivity index (χ1v) is 5.65. The molecule has 0 radical (unpaired) electrons. The number of amides is 1. The number of carbonyl (C=O) groups excluding carboxylic acids is 1. The van der Waals surface area contributed by atoms with Crippen LogP contribution in [0.15, 0.2) is 24.3 Å². The van der Waals surface area contributed by atoms with E-state index in [-0.39, 0.29) is 11.8 Å². The number of benzene rings is 1. The van der Waals surface area contributed by atoms with Crippen molar-refractivity contribution in [3.63, 3.8) is 0 Å². The number of hydrogen-bond acceptors (Lipinski definition) is 3. The summed E-state index contributed by atoms with van der Waals surface area (Å²) >= 11 is 0. The fourth-order valence-corrected chi connectivity index (χ4v) is 1.29. The molecule has 0 atom stereocenters. The van der Waals surface area contributed by atoms with Crippen molar-refractivity contribution in [1.82, 2.24) is 4.90 Å². The van der Waals surface area contributed by atoms with Crippen molar-refractivity contribution in [2.24, 2.45) is 5.92 Å². The molecule has 4 heteroatoms. The predicted molar refractivity (Wildman–Crippen MR) is 65.8 cm³/mol. The molecule has 1 rings (SSSR count). The van der Waals surface area contributed by atoms with E-state index < -0.39 is 0 Å². The van der Waals surface area contributed by atoms with Crippen LogP contribution in [0.3, 0.4) is 0 Å². The van der Waals surface area contributed by atoms with Gasteiger partial charge >= 0.3 is 6.09 Å². The van der Waals surface area contributed by atoms with Crippen LogP contribution in [-0.4, -0.2) is 29.8 Å². The molecule has 0 aliphatic heterocycles. The number of carbonyl (C=O) groups is 1. The lowest BCUT2D eigenvalue weighted by Gasteiger charge is -2.17. The SMILES string of the molecule is CC(C)COC(=O)N(C)Cc1ccc(O)cc1. The second-order valence-corrected chi connectivity index (χ2v) is 4.49. The van der Waals surface area contributed by atoms with E-state index in [1.54, 1.807) is 31.3 Å². The van der Waals surface area contributed by atoms with Crippen LogP contribution in [0.2, 0.25) is 0 Å². The van der Waals surface area contributed by atoms with E-state index >= 15 is 0 Å². The Morgan fingerprint density at radius 3 is 2.47 bits per heavy atom. The van der Waals surface area contributed by atoms with E-state index in [2.05, 4.69) is 0 Å². The standard InChI is InChI=1S/C13H19NO3/c1-10(2)9-17-13(16)14(3)8-11-4-6-12(15)7-5-11/h4-7,10,15H,8-9H2,1-3H3. The Kier molecular flexibility index (Phi) is 4.82. The Balaban J connectivity index is 2.45. The molecule has 1 aromatic carbocycles. The Hall–Kier alpha value is -1.71. The largest absolute Gasteiger partial charge is 0.508 e. The van der Waals surface area contributed by atoms with Gasteiger partial charge in [0, 0.05) is 13.6 Å². The number of ether oxygens (including phenoxy) is 1. The highest BCUT2D eigenvalue weighted by Gasteiger charge is 2.10. The molecule has 0 fully saturated rings. The summed E-state index contributed by atoms with van der Waals surface area (Å²) in [5.41, 5.74) is 0.951. The van der Waals surface area contributed by atoms with Gasteiger partial charge in [0.25, 0.3) is 0 Å². The third-order valence-corrected chi connectivity index (χ3v) is 2.21. The van der Waals surface area contributed by atoms with Gasteiger partial charge in [-0.2, -0.15) is 0 Å². The zero-order valence-electron chi connectivity index (χ0n) is 10.5. The Bertz CT molecular complexity index is 359. The van der Waals surface area contributed by atoms with Crippen LogP contribution in [0.4, 0.5) is 4.79 Å². The molecule has 1 N–H and O–H groups in total. The molecule has 0 aromatic heterocycles. The van der Waals surface area contributed by atoms with Crippen molar-refractivity contribution in [3.8, 4) is 5.75 Å². The minimum atomic E-state index is -0.327. The van der Waals surface area contributed by atoms with E-state index in [1.807, 2.05) is 13.8 Å². The molecule has 0 aliphatic rings. The first kappa shape index (κ1) is 13.4. The highest BCUT2D eigenvalue weighted by Crippen LogP contribution is 2.11. The first-order valence-electron chi connectivity index (χ1n) is 5.65. The van der Waals surface area contributed by atoms with Crippen molar-refractivity contribution in [1.29, 1.82) is 0 Å². The van der Waals surface area contributed by atoms with E-state index in [4.69, 9.17) is 9.84 Å². The molecule has 0 bridgehead atoms. The lowest BCUT2D eigenvalue weighted by atomic mass is 10.2. The number of rotatable bonds is 4. The summed E-state index contributed by atoms with van der Waals surface area (Å²) in [6.45, 7) is 4.89. The summed E-state index contributed by atoms with van der Waals surface area (Å²) in [6, 6.07) is 6.76. The Labute approximate surface area is 102 Å². The van der Waals surface area contributed by atoms with Gasteiger partial charge in [0.1, 0.15) is 5.75 Å². The zero-order valence-corrected chi connectivity index (χ0v) is 10.5. The quantitative estimate of drug-likeness (QED) is 0.875. The molecule has 4 nitrogen and oxygen atoms in total. The number of aromatic hydroxyl groups is 1. The summed E-state index contributed by atoms with van der Waals surface area (Å²) in [6.07, 6.45) is -0.327. The van der Waals surface area contributed by atoms with Crippen LogP contribution in [0.25, 0.3) is 0 Å². The lowest BCUT2D eigenvalue weighted by molar-refractivity contribution is 0.0980. The van der Waals surface area contributed by atoms with Crippen LogP contribution in [0.5, 0.6) is 5.75 Å². The molecule has 0 saturated carbocycles. The van der Waals surface area contributed by atoms with Gasteiger partial charge in [-0.3, -0.25) is 0 Å². The maximum Gasteiger partial charge on any atom is 0.409 e. The van der Waals surface area contributed by atoms with Gasteiger partial charge in [0.2, 0.25) is 0 Å². The van der Waals surface area contributed by atoms with Gasteiger partial charge in [-0.05, 0) is 23.6 Å². The van der Waals surface area contributed by atoms with Crippen molar-refractivity contribution in [3.05, 3.63) is 29.8 Å². The fourth-order valence-electron chi connectivity index (χ4n) is 1.29. The van der Waals surface area contributed by atoms with Crippen LogP contribution in [0, 0.1) is 5.92 Å². The van der Waals surface area contributed by atoms with Gasteiger partial charge in [0.05, 0.1) is 6.61 Å². The monoisotopic (exact) mass is 237 g/mol.